The number of carbonyl (C=O) groups is 2. The summed E-state index contributed by atoms with van der Waals surface area (Å²) in [5.74, 6) is -0.612. The van der Waals surface area contributed by atoms with Gasteiger partial charge < -0.3 is 4.74 Å². The fourth-order valence-electron chi connectivity index (χ4n) is 1.91. The van der Waals surface area contributed by atoms with Gasteiger partial charge in [0.15, 0.2) is 0 Å². The van der Waals surface area contributed by atoms with Crippen LogP contribution in [0.2, 0.25) is 0 Å². The minimum atomic E-state index is -0.612. The monoisotopic (exact) mass is 311 g/mol. The lowest BCUT2D eigenvalue weighted by Gasteiger charge is -2.21. The molecule has 2 amide bonds. The molecule has 0 fully saturated rings. The summed E-state index contributed by atoms with van der Waals surface area (Å²) in [7, 11) is 0. The van der Waals surface area contributed by atoms with Crippen molar-refractivity contribution in [1.82, 2.24) is 5.43 Å². The molecule has 0 aliphatic carbocycles. The summed E-state index contributed by atoms with van der Waals surface area (Å²) in [4.78, 5) is 25.1. The molecular formula is C17H17N3O3. The van der Waals surface area contributed by atoms with Gasteiger partial charge in [0, 0.05) is 0 Å². The summed E-state index contributed by atoms with van der Waals surface area (Å²) < 4.78 is 4.70. The van der Waals surface area contributed by atoms with E-state index in [-0.39, 0.29) is 6.61 Å². The second-order valence-electron chi connectivity index (χ2n) is 4.43. The number of anilines is 2. The Bertz CT molecular complexity index is 632. The predicted molar refractivity (Wildman–Crippen MR) is 88.7 cm³/mol. The number of rotatable bonds is 5. The number of esters is 1. The quantitative estimate of drug-likeness (QED) is 0.524. The summed E-state index contributed by atoms with van der Waals surface area (Å²) in [5, 5.41) is 3.62. The fourth-order valence-corrected chi connectivity index (χ4v) is 1.91. The van der Waals surface area contributed by atoms with Crippen molar-refractivity contribution in [3.8, 4) is 0 Å². The Labute approximate surface area is 134 Å². The van der Waals surface area contributed by atoms with Crippen molar-refractivity contribution < 1.29 is 14.3 Å². The number of hydrazone groups is 1. The first-order valence-corrected chi connectivity index (χ1v) is 7.12. The molecule has 0 aromatic heterocycles. The lowest BCUT2D eigenvalue weighted by molar-refractivity contribution is -0.134. The molecule has 118 valence electrons. The molecule has 2 aromatic carbocycles. The molecule has 0 unspecified atom stereocenters. The van der Waals surface area contributed by atoms with E-state index in [2.05, 4.69) is 10.5 Å². The van der Waals surface area contributed by atoms with Gasteiger partial charge in [-0.15, -0.1) is 0 Å². The molecule has 6 heteroatoms. The van der Waals surface area contributed by atoms with Crippen LogP contribution in [0, 0.1) is 0 Å². The maximum absolute atomic E-state index is 12.4. The smallest absolute Gasteiger partial charge is 0.351 e. The molecule has 0 aliphatic rings. The number of nitrogens with zero attached hydrogens (tertiary/aromatic N) is 2. The zero-order valence-corrected chi connectivity index (χ0v) is 12.7. The van der Waals surface area contributed by atoms with Crippen molar-refractivity contribution in [3.63, 3.8) is 0 Å². The molecule has 0 aliphatic heterocycles. The first-order valence-electron chi connectivity index (χ1n) is 7.12. The van der Waals surface area contributed by atoms with Gasteiger partial charge in [0.05, 0.1) is 18.0 Å². The van der Waals surface area contributed by atoms with Crippen LogP contribution in [-0.4, -0.2) is 24.8 Å². The zero-order valence-electron chi connectivity index (χ0n) is 12.7. The molecule has 0 saturated heterocycles. The summed E-state index contributed by atoms with van der Waals surface area (Å²) in [5.41, 5.74) is 3.69. The van der Waals surface area contributed by atoms with Gasteiger partial charge in [-0.25, -0.2) is 15.0 Å². The Morgan fingerprint density at radius 1 is 1.04 bits per heavy atom. The minimum Gasteiger partial charge on any atom is -0.462 e. The molecule has 0 atom stereocenters. The van der Waals surface area contributed by atoms with Crippen molar-refractivity contribution in [1.29, 1.82) is 0 Å². The van der Waals surface area contributed by atoms with E-state index < -0.39 is 12.0 Å². The van der Waals surface area contributed by atoms with Gasteiger partial charge in [0.1, 0.15) is 6.21 Å². The van der Waals surface area contributed by atoms with Gasteiger partial charge in [0.2, 0.25) is 0 Å². The van der Waals surface area contributed by atoms with Gasteiger partial charge >= 0.3 is 12.0 Å². The van der Waals surface area contributed by atoms with Crippen LogP contribution in [0.1, 0.15) is 6.92 Å². The third kappa shape index (κ3) is 4.67. The maximum Gasteiger partial charge on any atom is 0.351 e. The molecular weight excluding hydrogens is 294 g/mol. The molecule has 2 rings (SSSR count). The third-order valence-corrected chi connectivity index (χ3v) is 2.85. The number of nitrogens with one attached hydrogen (secondary N) is 1. The topological polar surface area (TPSA) is 71.0 Å². The first-order chi connectivity index (χ1) is 11.2. The Hall–Kier alpha value is -3.15. The average molecular weight is 311 g/mol. The third-order valence-electron chi connectivity index (χ3n) is 2.85. The van der Waals surface area contributed by atoms with Crippen molar-refractivity contribution >= 4 is 29.6 Å². The normalized spacial score (nSPS) is 10.3. The van der Waals surface area contributed by atoms with E-state index in [0.29, 0.717) is 11.4 Å². The van der Waals surface area contributed by atoms with Crippen molar-refractivity contribution in [2.24, 2.45) is 5.10 Å². The minimum absolute atomic E-state index is 0.249. The Morgan fingerprint density at radius 3 is 2.04 bits per heavy atom. The van der Waals surface area contributed by atoms with Gasteiger partial charge in [-0.1, -0.05) is 36.4 Å². The largest absolute Gasteiger partial charge is 0.462 e. The Balaban J connectivity index is 2.18. The van der Waals surface area contributed by atoms with Gasteiger partial charge in [-0.2, -0.15) is 5.10 Å². The zero-order chi connectivity index (χ0) is 16.5. The van der Waals surface area contributed by atoms with E-state index in [1.54, 1.807) is 6.92 Å². The second kappa shape index (κ2) is 8.33. The molecule has 0 bridgehead atoms. The molecule has 1 N–H and O–H groups in total. The van der Waals surface area contributed by atoms with Crippen molar-refractivity contribution in [2.75, 3.05) is 11.5 Å². The van der Waals surface area contributed by atoms with E-state index in [4.69, 9.17) is 4.74 Å². The highest BCUT2D eigenvalue weighted by Gasteiger charge is 2.17. The van der Waals surface area contributed by atoms with Crippen LogP contribution < -0.4 is 10.3 Å². The number of ether oxygens (including phenoxy) is 1. The standard InChI is InChI=1S/C17H17N3O3/c1-2-23-16(21)13-18-19-17(22)20(14-9-5-3-6-10-14)15-11-7-4-8-12-15/h3-13H,2H2,1H3,(H,19,22)/b18-13+. The number of carbonyl (C=O) groups excluding carboxylic acids is 2. The van der Waals surface area contributed by atoms with E-state index in [9.17, 15) is 9.59 Å². The summed E-state index contributed by atoms with van der Waals surface area (Å²) in [6.07, 6.45) is 0.926. The highest BCUT2D eigenvalue weighted by molar-refractivity contribution is 6.23. The summed E-state index contributed by atoms with van der Waals surface area (Å²) in [6.45, 7) is 1.94. The summed E-state index contributed by atoms with van der Waals surface area (Å²) in [6, 6.07) is 17.8. The van der Waals surface area contributed by atoms with E-state index in [1.807, 2.05) is 60.7 Å². The molecule has 0 heterocycles. The highest BCUT2D eigenvalue weighted by atomic mass is 16.5. The van der Waals surface area contributed by atoms with Gasteiger partial charge in [0.25, 0.3) is 0 Å². The second-order valence-corrected chi connectivity index (χ2v) is 4.43. The average Bonchev–Trinajstić information content (AvgIpc) is 2.57. The van der Waals surface area contributed by atoms with Crippen LogP contribution in [0.5, 0.6) is 0 Å². The molecule has 23 heavy (non-hydrogen) atoms. The number of hydrogen-bond donors (Lipinski definition) is 1. The Morgan fingerprint density at radius 2 is 1.57 bits per heavy atom. The lowest BCUT2D eigenvalue weighted by atomic mass is 10.2. The van der Waals surface area contributed by atoms with Crippen LogP contribution in [-0.2, 0) is 9.53 Å². The van der Waals surface area contributed by atoms with Gasteiger partial charge in [-0.05, 0) is 31.2 Å². The number of hydrogen-bond acceptors (Lipinski definition) is 4. The number of para-hydroxylation sites is 2. The number of amides is 2. The molecule has 0 radical (unpaired) electrons. The van der Waals surface area contributed by atoms with Crippen molar-refractivity contribution in [2.45, 2.75) is 6.92 Å². The predicted octanol–water partition coefficient (Wildman–Crippen LogP) is 3.08. The van der Waals surface area contributed by atoms with Crippen LogP contribution >= 0.6 is 0 Å². The van der Waals surface area contributed by atoms with E-state index >= 15 is 0 Å². The van der Waals surface area contributed by atoms with E-state index in [0.717, 1.165) is 6.21 Å². The fraction of sp³-hybridized carbons (Fsp3) is 0.118. The molecule has 6 nitrogen and oxygen atoms in total. The van der Waals surface area contributed by atoms with E-state index in [1.165, 1.54) is 4.90 Å². The number of benzene rings is 2. The Kier molecular flexibility index (Phi) is 5.88. The van der Waals surface area contributed by atoms with Crippen LogP contribution in [0.15, 0.2) is 65.8 Å². The number of urea groups is 1. The van der Waals surface area contributed by atoms with Crippen molar-refractivity contribution in [3.05, 3.63) is 60.7 Å². The van der Waals surface area contributed by atoms with Crippen LogP contribution in [0.4, 0.5) is 16.2 Å². The van der Waals surface area contributed by atoms with Crippen LogP contribution in [0.25, 0.3) is 0 Å². The highest BCUT2D eigenvalue weighted by Crippen LogP contribution is 2.24. The molecule has 2 aromatic rings. The van der Waals surface area contributed by atoms with Crippen LogP contribution in [0.3, 0.4) is 0 Å². The summed E-state index contributed by atoms with van der Waals surface area (Å²) >= 11 is 0. The molecule has 0 saturated carbocycles. The SMILES string of the molecule is CCOC(=O)/C=N/NC(=O)N(c1ccccc1)c1ccccc1. The maximum atomic E-state index is 12.4. The first kappa shape index (κ1) is 16.2. The lowest BCUT2D eigenvalue weighted by Crippen LogP contribution is -2.34. The molecule has 0 spiro atoms. The van der Waals surface area contributed by atoms with Gasteiger partial charge in [-0.3, -0.25) is 4.90 Å².